The minimum absolute atomic E-state index is 0.0269. The molecule has 1 aromatic heterocycles. The number of hydrogen-bond donors (Lipinski definition) is 2. The van der Waals surface area contributed by atoms with Crippen molar-refractivity contribution in [1.82, 2.24) is 15.0 Å². The van der Waals surface area contributed by atoms with Crippen LogP contribution < -0.4 is 19.5 Å². The summed E-state index contributed by atoms with van der Waals surface area (Å²) >= 11 is 5.98. The van der Waals surface area contributed by atoms with Gasteiger partial charge in [-0.05, 0) is 42.2 Å². The van der Waals surface area contributed by atoms with Crippen LogP contribution in [0.3, 0.4) is 0 Å². The number of alkyl halides is 3. The third-order valence-electron chi connectivity index (χ3n) is 5.91. The molecule has 15 heteroatoms. The quantitative estimate of drug-likeness (QED) is 0.295. The van der Waals surface area contributed by atoms with E-state index in [1.807, 2.05) is 24.3 Å². The fourth-order valence-corrected chi connectivity index (χ4v) is 5.12. The van der Waals surface area contributed by atoms with Gasteiger partial charge in [-0.3, -0.25) is 0 Å². The van der Waals surface area contributed by atoms with Gasteiger partial charge in [0.1, 0.15) is 23.1 Å². The van der Waals surface area contributed by atoms with Gasteiger partial charge in [-0.1, -0.05) is 35.9 Å². The van der Waals surface area contributed by atoms with E-state index < -0.39 is 39.2 Å². The standard InChI is InChI=1S/C26H25ClF3N3O7S/c1-37-8-9-38-21-7-6-18(23(13-21)39-24-22(27)12-19(15-31-24)26(28,29)30)14-32-25(34)40-41(35,36)33-20-10-16-4-2-3-5-17(16)11-20/h2-7,12-13,15,20,33H,8-11,14H2,1H3,(H,32,34). The van der Waals surface area contributed by atoms with Gasteiger partial charge in [-0.15, -0.1) is 0 Å². The van der Waals surface area contributed by atoms with Crippen LogP contribution >= 0.6 is 11.6 Å². The molecule has 0 fully saturated rings. The van der Waals surface area contributed by atoms with Crippen molar-refractivity contribution in [2.45, 2.75) is 31.6 Å². The number of nitrogens with one attached hydrogen (secondary N) is 2. The number of nitrogens with zero attached hydrogens (tertiary/aromatic N) is 1. The fraction of sp³-hybridized carbons (Fsp3) is 0.308. The van der Waals surface area contributed by atoms with Gasteiger partial charge in [0.15, 0.2) is 0 Å². The summed E-state index contributed by atoms with van der Waals surface area (Å²) in [6.07, 6.45) is -4.43. The Hall–Kier alpha value is -3.59. The molecular weight excluding hydrogens is 591 g/mol. The minimum atomic E-state index is -4.66. The normalized spacial score (nSPS) is 13.5. The summed E-state index contributed by atoms with van der Waals surface area (Å²) in [5.74, 6) is 0.0108. The monoisotopic (exact) mass is 615 g/mol. The smallest absolute Gasteiger partial charge is 0.423 e. The average Bonchev–Trinajstić information content (AvgIpc) is 3.30. The molecule has 0 radical (unpaired) electrons. The predicted molar refractivity (Wildman–Crippen MR) is 141 cm³/mol. The Kier molecular flexibility index (Phi) is 9.58. The SMILES string of the molecule is COCCOc1ccc(CNC(=O)OS(=O)(=O)NC2Cc3ccccc3C2)c(Oc2ncc(C(F)(F)F)cc2Cl)c1. The van der Waals surface area contributed by atoms with Gasteiger partial charge in [0.05, 0.1) is 12.2 Å². The van der Waals surface area contributed by atoms with Crippen molar-refractivity contribution >= 4 is 28.0 Å². The molecule has 1 amide bonds. The molecule has 1 aliphatic carbocycles. The average molecular weight is 616 g/mol. The zero-order valence-electron chi connectivity index (χ0n) is 21.5. The summed E-state index contributed by atoms with van der Waals surface area (Å²) in [5, 5.41) is 1.91. The maximum absolute atomic E-state index is 13.0. The van der Waals surface area contributed by atoms with E-state index in [2.05, 4.69) is 19.2 Å². The number of rotatable bonds is 11. The summed E-state index contributed by atoms with van der Waals surface area (Å²) in [6.45, 7) is 0.193. The molecule has 41 heavy (non-hydrogen) atoms. The predicted octanol–water partition coefficient (Wildman–Crippen LogP) is 4.80. The van der Waals surface area contributed by atoms with Crippen molar-refractivity contribution in [3.05, 3.63) is 82.0 Å². The maximum atomic E-state index is 13.0. The fourth-order valence-electron chi connectivity index (χ4n) is 4.04. The van der Waals surface area contributed by atoms with Crippen molar-refractivity contribution in [2.24, 2.45) is 0 Å². The van der Waals surface area contributed by atoms with Crippen LogP contribution in [0.1, 0.15) is 22.3 Å². The van der Waals surface area contributed by atoms with Gasteiger partial charge in [0.25, 0.3) is 0 Å². The van der Waals surface area contributed by atoms with Gasteiger partial charge in [0, 0.05) is 37.5 Å². The van der Waals surface area contributed by atoms with Crippen molar-refractivity contribution in [3.8, 4) is 17.4 Å². The van der Waals surface area contributed by atoms with E-state index in [1.54, 1.807) is 6.07 Å². The molecule has 3 aromatic rings. The summed E-state index contributed by atoms with van der Waals surface area (Å²) in [4.78, 5) is 16.0. The number of carbonyl (C=O) groups is 1. The summed E-state index contributed by atoms with van der Waals surface area (Å²) in [5.41, 5.74) is 1.24. The van der Waals surface area contributed by atoms with E-state index in [0.29, 0.717) is 30.9 Å². The molecule has 0 saturated heterocycles. The molecule has 0 spiro atoms. The van der Waals surface area contributed by atoms with Gasteiger partial charge < -0.3 is 23.7 Å². The van der Waals surface area contributed by atoms with Gasteiger partial charge in [0.2, 0.25) is 5.88 Å². The van der Waals surface area contributed by atoms with Crippen molar-refractivity contribution in [1.29, 1.82) is 0 Å². The first-order valence-corrected chi connectivity index (χ1v) is 13.9. The van der Waals surface area contributed by atoms with E-state index in [0.717, 1.165) is 11.1 Å². The molecule has 2 aromatic carbocycles. The van der Waals surface area contributed by atoms with Crippen LogP contribution in [-0.2, 0) is 44.8 Å². The van der Waals surface area contributed by atoms with Crippen molar-refractivity contribution in [3.63, 3.8) is 0 Å². The first kappa shape index (κ1) is 30.4. The molecule has 0 bridgehead atoms. The number of benzene rings is 2. The summed E-state index contributed by atoms with van der Waals surface area (Å²) in [6, 6.07) is 12.2. The van der Waals surface area contributed by atoms with Gasteiger partial charge >= 0.3 is 22.6 Å². The van der Waals surface area contributed by atoms with E-state index >= 15 is 0 Å². The Labute approximate surface area is 239 Å². The largest absolute Gasteiger partial charge is 0.491 e. The van der Waals surface area contributed by atoms with Crippen LogP contribution in [-0.4, -0.2) is 45.9 Å². The minimum Gasteiger partial charge on any atom is -0.491 e. The third-order valence-corrected chi connectivity index (χ3v) is 7.17. The topological polar surface area (TPSA) is 125 Å². The lowest BCUT2D eigenvalue weighted by Crippen LogP contribution is -2.39. The Morgan fingerprint density at radius 2 is 1.80 bits per heavy atom. The second-order valence-corrected chi connectivity index (χ2v) is 10.6. The Morgan fingerprint density at radius 3 is 2.44 bits per heavy atom. The second-order valence-electron chi connectivity index (χ2n) is 8.89. The Morgan fingerprint density at radius 1 is 1.10 bits per heavy atom. The lowest BCUT2D eigenvalue weighted by molar-refractivity contribution is -0.137. The molecule has 0 saturated carbocycles. The highest BCUT2D eigenvalue weighted by Gasteiger charge is 2.32. The molecule has 2 N–H and O–H groups in total. The number of amides is 1. The van der Waals surface area contributed by atoms with E-state index in [-0.39, 0.29) is 37.0 Å². The van der Waals surface area contributed by atoms with Gasteiger partial charge in [-0.2, -0.15) is 26.3 Å². The number of pyridine rings is 1. The van der Waals surface area contributed by atoms with Crippen LogP contribution in [0.4, 0.5) is 18.0 Å². The molecule has 0 unspecified atom stereocenters. The first-order chi connectivity index (χ1) is 19.4. The van der Waals surface area contributed by atoms with Crippen LogP contribution in [0.15, 0.2) is 54.7 Å². The van der Waals surface area contributed by atoms with Crippen molar-refractivity contribution < 1.29 is 44.8 Å². The molecule has 10 nitrogen and oxygen atoms in total. The van der Waals surface area contributed by atoms with Crippen LogP contribution in [0.2, 0.25) is 5.02 Å². The zero-order chi connectivity index (χ0) is 29.6. The number of hydrogen-bond acceptors (Lipinski definition) is 8. The number of fused-ring (bicyclic) bond motifs is 1. The number of methoxy groups -OCH3 is 1. The number of aromatic nitrogens is 1. The van der Waals surface area contributed by atoms with Crippen LogP contribution in [0.25, 0.3) is 0 Å². The number of ether oxygens (including phenoxy) is 3. The van der Waals surface area contributed by atoms with E-state index in [1.165, 1.54) is 19.2 Å². The maximum Gasteiger partial charge on any atom is 0.423 e. The lowest BCUT2D eigenvalue weighted by atomic mass is 10.1. The zero-order valence-corrected chi connectivity index (χ0v) is 23.1. The highest BCUT2D eigenvalue weighted by atomic mass is 35.5. The molecular formula is C26H25ClF3N3O7S. The van der Waals surface area contributed by atoms with Gasteiger partial charge in [-0.25, -0.2) is 9.78 Å². The number of halogens is 4. The number of carbonyl (C=O) groups excluding carboxylic acids is 1. The molecule has 1 aliphatic rings. The molecule has 0 aliphatic heterocycles. The first-order valence-electron chi connectivity index (χ1n) is 12.1. The molecule has 220 valence electrons. The van der Waals surface area contributed by atoms with Crippen LogP contribution in [0, 0.1) is 0 Å². The second kappa shape index (κ2) is 12.9. The van der Waals surface area contributed by atoms with E-state index in [9.17, 15) is 26.4 Å². The van der Waals surface area contributed by atoms with Crippen LogP contribution in [0.5, 0.6) is 17.4 Å². The Balaban J connectivity index is 1.43. The summed E-state index contributed by atoms with van der Waals surface area (Å²) < 4.78 is 87.0. The third kappa shape index (κ3) is 8.45. The highest BCUT2D eigenvalue weighted by molar-refractivity contribution is 7.85. The molecule has 0 atom stereocenters. The summed E-state index contributed by atoms with van der Waals surface area (Å²) in [7, 11) is -2.94. The van der Waals surface area contributed by atoms with Crippen molar-refractivity contribution in [2.75, 3.05) is 20.3 Å². The lowest BCUT2D eigenvalue weighted by Gasteiger charge is -2.16. The highest BCUT2D eigenvalue weighted by Crippen LogP contribution is 2.36. The Bertz CT molecular complexity index is 1480. The molecule has 1 heterocycles. The molecule has 4 rings (SSSR count). The van der Waals surface area contributed by atoms with E-state index in [4.69, 9.17) is 25.8 Å².